The molecule has 0 spiro atoms. The highest BCUT2D eigenvalue weighted by Gasteiger charge is 2.21. The first-order valence-electron chi connectivity index (χ1n) is 4.66. The van der Waals surface area contributed by atoms with Crippen molar-refractivity contribution in [1.82, 2.24) is 15.6 Å². The van der Waals surface area contributed by atoms with Crippen LogP contribution in [0.3, 0.4) is 0 Å². The standard InChI is InChI=1S/C10H12N4/c11-4-10(14-9-6-13-7-9)8-2-1-3-12-5-8/h1-3,5,9-10,13-14H,6-7H2/t10-/m1/s1. The van der Waals surface area contributed by atoms with Crippen molar-refractivity contribution in [3.05, 3.63) is 30.1 Å². The lowest BCUT2D eigenvalue weighted by Crippen LogP contribution is -2.55. The third-order valence-corrected chi connectivity index (χ3v) is 2.33. The van der Waals surface area contributed by atoms with Gasteiger partial charge in [-0.25, -0.2) is 0 Å². The second-order valence-electron chi connectivity index (χ2n) is 3.37. The molecule has 1 atom stereocenters. The highest BCUT2D eigenvalue weighted by atomic mass is 15.1. The molecule has 72 valence electrons. The lowest BCUT2D eigenvalue weighted by atomic mass is 10.1. The third-order valence-electron chi connectivity index (χ3n) is 2.33. The van der Waals surface area contributed by atoms with Gasteiger partial charge < -0.3 is 5.32 Å². The number of nitrogens with zero attached hydrogens (tertiary/aromatic N) is 2. The molecule has 0 saturated carbocycles. The molecule has 0 aliphatic carbocycles. The molecule has 0 unspecified atom stereocenters. The van der Waals surface area contributed by atoms with E-state index in [2.05, 4.69) is 21.7 Å². The monoisotopic (exact) mass is 188 g/mol. The zero-order valence-corrected chi connectivity index (χ0v) is 7.77. The molecule has 1 aromatic rings. The van der Waals surface area contributed by atoms with Gasteiger partial charge >= 0.3 is 0 Å². The van der Waals surface area contributed by atoms with Crippen molar-refractivity contribution in [2.75, 3.05) is 13.1 Å². The molecule has 2 rings (SSSR count). The average Bonchev–Trinajstić information content (AvgIpc) is 2.18. The summed E-state index contributed by atoms with van der Waals surface area (Å²) in [7, 11) is 0. The summed E-state index contributed by atoms with van der Waals surface area (Å²) in [4.78, 5) is 4.00. The van der Waals surface area contributed by atoms with Crippen molar-refractivity contribution in [2.24, 2.45) is 0 Å². The van der Waals surface area contributed by atoms with E-state index in [1.807, 2.05) is 12.1 Å². The summed E-state index contributed by atoms with van der Waals surface area (Å²) < 4.78 is 0. The van der Waals surface area contributed by atoms with Crippen LogP contribution in [0, 0.1) is 11.3 Å². The largest absolute Gasteiger partial charge is 0.314 e. The summed E-state index contributed by atoms with van der Waals surface area (Å²) in [6, 6.07) is 6.18. The predicted molar refractivity (Wildman–Crippen MR) is 52.4 cm³/mol. The van der Waals surface area contributed by atoms with Crippen LogP contribution >= 0.6 is 0 Å². The van der Waals surface area contributed by atoms with Gasteiger partial charge in [0.15, 0.2) is 0 Å². The Labute approximate surface area is 83.0 Å². The normalized spacial score (nSPS) is 18.2. The maximum atomic E-state index is 8.99. The molecule has 1 fully saturated rings. The molecular weight excluding hydrogens is 176 g/mol. The molecular formula is C10H12N4. The van der Waals surface area contributed by atoms with E-state index in [4.69, 9.17) is 5.26 Å². The number of hydrogen-bond donors (Lipinski definition) is 2. The van der Waals surface area contributed by atoms with E-state index in [9.17, 15) is 0 Å². The van der Waals surface area contributed by atoms with Gasteiger partial charge in [-0.1, -0.05) is 6.07 Å². The van der Waals surface area contributed by atoms with Crippen LogP contribution in [-0.2, 0) is 0 Å². The maximum Gasteiger partial charge on any atom is 0.123 e. The molecule has 4 nitrogen and oxygen atoms in total. The zero-order valence-electron chi connectivity index (χ0n) is 7.77. The van der Waals surface area contributed by atoms with Gasteiger partial charge in [-0.3, -0.25) is 10.3 Å². The number of aromatic nitrogens is 1. The van der Waals surface area contributed by atoms with Crippen molar-refractivity contribution < 1.29 is 0 Å². The van der Waals surface area contributed by atoms with E-state index in [-0.39, 0.29) is 6.04 Å². The van der Waals surface area contributed by atoms with E-state index >= 15 is 0 Å². The molecule has 4 heteroatoms. The first kappa shape index (κ1) is 9.13. The Balaban J connectivity index is 2.02. The number of nitrogens with one attached hydrogen (secondary N) is 2. The van der Waals surface area contributed by atoms with Crippen LogP contribution in [0.2, 0.25) is 0 Å². The average molecular weight is 188 g/mol. The van der Waals surface area contributed by atoms with Crippen LogP contribution in [0.25, 0.3) is 0 Å². The number of hydrogen-bond acceptors (Lipinski definition) is 4. The molecule has 1 aromatic heterocycles. The Morgan fingerprint density at radius 3 is 3.00 bits per heavy atom. The smallest absolute Gasteiger partial charge is 0.123 e. The van der Waals surface area contributed by atoms with E-state index in [0.29, 0.717) is 6.04 Å². The van der Waals surface area contributed by atoms with Gasteiger partial charge in [-0.15, -0.1) is 0 Å². The van der Waals surface area contributed by atoms with Crippen LogP contribution in [-0.4, -0.2) is 24.1 Å². The molecule has 0 radical (unpaired) electrons. The molecule has 0 aromatic carbocycles. The molecule has 0 bridgehead atoms. The molecule has 1 aliphatic rings. The second-order valence-corrected chi connectivity index (χ2v) is 3.37. The molecule has 0 amide bonds. The fourth-order valence-electron chi connectivity index (χ4n) is 1.40. The van der Waals surface area contributed by atoms with Gasteiger partial charge in [0.1, 0.15) is 6.04 Å². The van der Waals surface area contributed by atoms with Gasteiger partial charge in [-0.2, -0.15) is 5.26 Å². The minimum atomic E-state index is -0.240. The van der Waals surface area contributed by atoms with Crippen LogP contribution in [0.5, 0.6) is 0 Å². The SMILES string of the molecule is N#C[C@@H](NC1CNC1)c1cccnc1. The summed E-state index contributed by atoms with van der Waals surface area (Å²) in [5.41, 5.74) is 0.932. The third kappa shape index (κ3) is 1.90. The number of nitriles is 1. The second kappa shape index (κ2) is 4.18. The van der Waals surface area contributed by atoms with Crippen molar-refractivity contribution in [3.63, 3.8) is 0 Å². The Bertz CT molecular complexity index is 326. The van der Waals surface area contributed by atoms with Crippen molar-refractivity contribution in [3.8, 4) is 6.07 Å². The minimum Gasteiger partial charge on any atom is -0.314 e. The number of pyridine rings is 1. The van der Waals surface area contributed by atoms with Crippen molar-refractivity contribution >= 4 is 0 Å². The van der Waals surface area contributed by atoms with Gasteiger partial charge in [0.25, 0.3) is 0 Å². The van der Waals surface area contributed by atoms with Crippen LogP contribution in [0.15, 0.2) is 24.5 Å². The Hall–Kier alpha value is -1.44. The quantitative estimate of drug-likeness (QED) is 0.711. The van der Waals surface area contributed by atoms with E-state index in [1.54, 1.807) is 12.4 Å². The molecule has 2 heterocycles. The first-order chi connectivity index (χ1) is 6.90. The Morgan fingerprint density at radius 2 is 2.50 bits per heavy atom. The molecule has 1 aliphatic heterocycles. The lowest BCUT2D eigenvalue weighted by Gasteiger charge is -2.30. The fraction of sp³-hybridized carbons (Fsp3) is 0.400. The van der Waals surface area contributed by atoms with Gasteiger partial charge in [0, 0.05) is 37.1 Å². The molecule has 14 heavy (non-hydrogen) atoms. The fourth-order valence-corrected chi connectivity index (χ4v) is 1.40. The van der Waals surface area contributed by atoms with Crippen LogP contribution in [0.4, 0.5) is 0 Å². The zero-order chi connectivity index (χ0) is 9.80. The van der Waals surface area contributed by atoms with Gasteiger partial charge in [-0.05, 0) is 6.07 Å². The first-order valence-corrected chi connectivity index (χ1v) is 4.66. The number of rotatable bonds is 3. The summed E-state index contributed by atoms with van der Waals surface area (Å²) in [6.07, 6.45) is 3.44. The van der Waals surface area contributed by atoms with Crippen LogP contribution < -0.4 is 10.6 Å². The topological polar surface area (TPSA) is 60.7 Å². The van der Waals surface area contributed by atoms with Gasteiger partial charge in [0.2, 0.25) is 0 Å². The summed E-state index contributed by atoms with van der Waals surface area (Å²) in [6.45, 7) is 1.89. The highest BCUT2D eigenvalue weighted by molar-refractivity contribution is 5.20. The minimum absolute atomic E-state index is 0.240. The van der Waals surface area contributed by atoms with Gasteiger partial charge in [0.05, 0.1) is 6.07 Å². The Morgan fingerprint density at radius 1 is 1.64 bits per heavy atom. The summed E-state index contributed by atoms with van der Waals surface area (Å²) >= 11 is 0. The maximum absolute atomic E-state index is 8.99. The summed E-state index contributed by atoms with van der Waals surface area (Å²) in [5, 5.41) is 15.4. The predicted octanol–water partition coefficient (Wildman–Crippen LogP) is 0.208. The summed E-state index contributed by atoms with van der Waals surface area (Å²) in [5.74, 6) is 0. The van der Waals surface area contributed by atoms with Crippen molar-refractivity contribution in [2.45, 2.75) is 12.1 Å². The van der Waals surface area contributed by atoms with E-state index in [0.717, 1.165) is 18.7 Å². The Kier molecular flexibility index (Phi) is 2.73. The van der Waals surface area contributed by atoms with Crippen LogP contribution in [0.1, 0.15) is 11.6 Å². The lowest BCUT2D eigenvalue weighted by molar-refractivity contribution is 0.351. The van der Waals surface area contributed by atoms with E-state index < -0.39 is 0 Å². The molecule has 2 N–H and O–H groups in total. The van der Waals surface area contributed by atoms with Crippen molar-refractivity contribution in [1.29, 1.82) is 5.26 Å². The molecule has 1 saturated heterocycles. The highest BCUT2D eigenvalue weighted by Crippen LogP contribution is 2.11. The van der Waals surface area contributed by atoms with E-state index in [1.165, 1.54) is 0 Å².